The summed E-state index contributed by atoms with van der Waals surface area (Å²) in [5.74, 6) is 0.816. The van der Waals surface area contributed by atoms with Gasteiger partial charge >= 0.3 is 4.87 Å². The summed E-state index contributed by atoms with van der Waals surface area (Å²) < 4.78 is 1.68. The zero-order valence-corrected chi connectivity index (χ0v) is 12.0. The summed E-state index contributed by atoms with van der Waals surface area (Å²) >= 11 is 1.19. The van der Waals surface area contributed by atoms with Gasteiger partial charge in [-0.15, -0.1) is 0 Å². The van der Waals surface area contributed by atoms with E-state index in [9.17, 15) is 9.59 Å². The van der Waals surface area contributed by atoms with E-state index >= 15 is 0 Å². The van der Waals surface area contributed by atoms with E-state index in [0.717, 1.165) is 5.69 Å². The second-order valence-corrected chi connectivity index (χ2v) is 5.95. The molecular weight excluding hydrogens is 248 g/mol. The lowest BCUT2D eigenvalue weighted by molar-refractivity contribution is -0.132. The summed E-state index contributed by atoms with van der Waals surface area (Å²) in [7, 11) is 1.87. The predicted molar refractivity (Wildman–Crippen MR) is 72.9 cm³/mol. The maximum Gasteiger partial charge on any atom is 0.307 e. The number of thiazole rings is 1. The predicted octanol–water partition coefficient (Wildman–Crippen LogP) is 1.87. The lowest BCUT2D eigenvalue weighted by atomic mass is 10.2. The van der Waals surface area contributed by atoms with Gasteiger partial charge in [0, 0.05) is 37.1 Å². The zero-order chi connectivity index (χ0) is 13.3. The Labute approximate surface area is 111 Å². The van der Waals surface area contributed by atoms with Gasteiger partial charge in [-0.1, -0.05) is 11.3 Å². The average Bonchev–Trinajstić information content (AvgIpc) is 3.14. The van der Waals surface area contributed by atoms with E-state index in [1.165, 1.54) is 24.2 Å². The number of carbonyl (C=O) groups is 1. The van der Waals surface area contributed by atoms with Gasteiger partial charge in [0.25, 0.3) is 0 Å². The van der Waals surface area contributed by atoms with E-state index in [4.69, 9.17) is 0 Å². The number of hydrogen-bond acceptors (Lipinski definition) is 3. The normalized spacial score (nSPS) is 16.6. The van der Waals surface area contributed by atoms with Gasteiger partial charge in [0.15, 0.2) is 0 Å². The van der Waals surface area contributed by atoms with E-state index in [1.54, 1.807) is 4.57 Å². The van der Waals surface area contributed by atoms with Crippen molar-refractivity contribution >= 4 is 17.2 Å². The molecule has 0 bridgehead atoms. The SMILES string of the molecule is Cc1csc(=O)n1CCC(=O)N(C)C(C)C1CC1. The van der Waals surface area contributed by atoms with Crippen LogP contribution in [-0.2, 0) is 11.3 Å². The van der Waals surface area contributed by atoms with Crippen LogP contribution >= 0.6 is 11.3 Å². The molecule has 1 aromatic heterocycles. The third-order valence-corrected chi connectivity index (χ3v) is 4.72. The van der Waals surface area contributed by atoms with E-state index < -0.39 is 0 Å². The van der Waals surface area contributed by atoms with Crippen LogP contribution in [0, 0.1) is 12.8 Å². The van der Waals surface area contributed by atoms with E-state index in [0.29, 0.717) is 24.9 Å². The van der Waals surface area contributed by atoms with E-state index in [2.05, 4.69) is 6.92 Å². The molecule has 18 heavy (non-hydrogen) atoms. The molecule has 0 N–H and O–H groups in total. The smallest absolute Gasteiger partial charge is 0.307 e. The van der Waals surface area contributed by atoms with Gasteiger partial charge in [0.2, 0.25) is 5.91 Å². The van der Waals surface area contributed by atoms with Crippen LogP contribution in [0.5, 0.6) is 0 Å². The molecule has 0 aromatic carbocycles. The van der Waals surface area contributed by atoms with Gasteiger partial charge < -0.3 is 9.47 Å². The molecule has 1 aliphatic carbocycles. The van der Waals surface area contributed by atoms with Crippen LogP contribution in [0.4, 0.5) is 0 Å². The third kappa shape index (κ3) is 2.83. The first kappa shape index (κ1) is 13.3. The zero-order valence-electron chi connectivity index (χ0n) is 11.2. The van der Waals surface area contributed by atoms with Crippen molar-refractivity contribution in [3.63, 3.8) is 0 Å². The fraction of sp³-hybridized carbons (Fsp3) is 0.692. The van der Waals surface area contributed by atoms with E-state index in [1.807, 2.05) is 24.3 Å². The molecule has 1 unspecified atom stereocenters. The first-order valence-corrected chi connectivity index (χ1v) is 7.29. The number of amides is 1. The van der Waals surface area contributed by atoms with Crippen molar-refractivity contribution in [3.8, 4) is 0 Å². The van der Waals surface area contributed by atoms with Gasteiger partial charge in [0.1, 0.15) is 0 Å². The Balaban J connectivity index is 1.90. The van der Waals surface area contributed by atoms with Gasteiger partial charge in [-0.3, -0.25) is 9.59 Å². The highest BCUT2D eigenvalue weighted by Crippen LogP contribution is 2.34. The summed E-state index contributed by atoms with van der Waals surface area (Å²) in [5.41, 5.74) is 0.940. The van der Waals surface area contributed by atoms with Crippen molar-refractivity contribution in [3.05, 3.63) is 20.7 Å². The molecule has 1 aliphatic rings. The molecule has 1 saturated carbocycles. The molecule has 0 radical (unpaired) electrons. The molecule has 5 heteroatoms. The molecule has 1 amide bonds. The van der Waals surface area contributed by atoms with Crippen LogP contribution in [0.25, 0.3) is 0 Å². The monoisotopic (exact) mass is 268 g/mol. The maximum atomic E-state index is 12.0. The highest BCUT2D eigenvalue weighted by atomic mass is 32.1. The number of carbonyl (C=O) groups excluding carboxylic acids is 1. The number of aromatic nitrogens is 1. The Morgan fingerprint density at radius 1 is 1.61 bits per heavy atom. The minimum Gasteiger partial charge on any atom is -0.343 e. The highest BCUT2D eigenvalue weighted by Gasteiger charge is 2.32. The van der Waals surface area contributed by atoms with Gasteiger partial charge in [0.05, 0.1) is 0 Å². The van der Waals surface area contributed by atoms with E-state index in [-0.39, 0.29) is 10.8 Å². The topological polar surface area (TPSA) is 42.3 Å². The quantitative estimate of drug-likeness (QED) is 0.818. The minimum atomic E-state index is 0.0261. The van der Waals surface area contributed by atoms with Crippen LogP contribution in [0.1, 0.15) is 31.9 Å². The Kier molecular flexibility index (Phi) is 3.90. The van der Waals surface area contributed by atoms with Crippen molar-refractivity contribution in [2.45, 2.75) is 45.7 Å². The minimum absolute atomic E-state index is 0.0261. The van der Waals surface area contributed by atoms with Crippen molar-refractivity contribution in [2.75, 3.05) is 7.05 Å². The number of nitrogens with zero attached hydrogens (tertiary/aromatic N) is 2. The molecule has 100 valence electrons. The third-order valence-electron chi connectivity index (χ3n) is 3.83. The van der Waals surface area contributed by atoms with Crippen molar-refractivity contribution < 1.29 is 4.79 Å². The Morgan fingerprint density at radius 3 is 2.78 bits per heavy atom. The van der Waals surface area contributed by atoms with Crippen LogP contribution in [0.3, 0.4) is 0 Å². The first-order chi connectivity index (χ1) is 8.50. The molecule has 1 aromatic rings. The Hall–Kier alpha value is -1.10. The summed E-state index contributed by atoms with van der Waals surface area (Å²) in [6.45, 7) is 4.51. The lowest BCUT2D eigenvalue weighted by Crippen LogP contribution is -2.37. The Bertz CT molecular complexity index is 487. The molecule has 0 spiro atoms. The van der Waals surface area contributed by atoms with Crippen LogP contribution in [-0.4, -0.2) is 28.5 Å². The van der Waals surface area contributed by atoms with Crippen LogP contribution in [0.2, 0.25) is 0 Å². The second-order valence-electron chi connectivity index (χ2n) is 5.13. The average molecular weight is 268 g/mol. The van der Waals surface area contributed by atoms with Crippen LogP contribution in [0.15, 0.2) is 10.2 Å². The number of hydrogen-bond donors (Lipinski definition) is 0. The standard InChI is InChI=1S/C13H20N2O2S/c1-9-8-18-13(17)15(9)7-6-12(16)14(3)10(2)11-4-5-11/h8,10-11H,4-7H2,1-3H3. The molecule has 0 saturated heterocycles. The van der Waals surface area contributed by atoms with Gasteiger partial charge in [-0.25, -0.2) is 0 Å². The van der Waals surface area contributed by atoms with Crippen molar-refractivity contribution in [1.82, 2.24) is 9.47 Å². The maximum absolute atomic E-state index is 12.0. The molecule has 1 fully saturated rings. The van der Waals surface area contributed by atoms with Crippen molar-refractivity contribution in [2.24, 2.45) is 5.92 Å². The molecule has 1 heterocycles. The largest absolute Gasteiger partial charge is 0.343 e. The van der Waals surface area contributed by atoms with Crippen molar-refractivity contribution in [1.29, 1.82) is 0 Å². The molecule has 0 aliphatic heterocycles. The highest BCUT2D eigenvalue weighted by molar-refractivity contribution is 7.07. The number of aryl methyl sites for hydroxylation is 1. The summed E-state index contributed by atoms with van der Waals surface area (Å²) in [6, 6.07) is 0.331. The molecular formula is C13H20N2O2S. The molecule has 4 nitrogen and oxygen atoms in total. The Morgan fingerprint density at radius 2 is 2.28 bits per heavy atom. The first-order valence-electron chi connectivity index (χ1n) is 6.41. The fourth-order valence-corrected chi connectivity index (χ4v) is 2.94. The van der Waals surface area contributed by atoms with Gasteiger partial charge in [-0.2, -0.15) is 0 Å². The van der Waals surface area contributed by atoms with Gasteiger partial charge in [-0.05, 0) is 32.6 Å². The summed E-state index contributed by atoms with van der Waals surface area (Å²) in [6.07, 6.45) is 2.88. The molecule has 2 rings (SSSR count). The van der Waals surface area contributed by atoms with Crippen LogP contribution < -0.4 is 4.87 Å². The second kappa shape index (κ2) is 5.26. The molecule has 1 atom stereocenters. The number of rotatable bonds is 5. The lowest BCUT2D eigenvalue weighted by Gasteiger charge is -2.25. The summed E-state index contributed by atoms with van der Waals surface area (Å²) in [4.78, 5) is 25.4. The summed E-state index contributed by atoms with van der Waals surface area (Å²) in [5, 5.41) is 1.84. The fourth-order valence-electron chi connectivity index (χ4n) is 2.18.